The monoisotopic (exact) mass is 256 g/mol. The van der Waals surface area contributed by atoms with Crippen molar-refractivity contribution in [2.45, 2.75) is 0 Å². The number of esters is 1. The molecule has 0 saturated heterocycles. The van der Waals surface area contributed by atoms with E-state index in [1.54, 1.807) is 6.07 Å². The molecule has 0 saturated carbocycles. The van der Waals surface area contributed by atoms with Crippen molar-refractivity contribution in [3.63, 3.8) is 0 Å². The van der Waals surface area contributed by atoms with Crippen molar-refractivity contribution in [1.82, 2.24) is 0 Å². The molecule has 0 fully saturated rings. The Morgan fingerprint density at radius 2 is 1.74 bits per heavy atom. The average Bonchev–Trinajstić information content (AvgIpc) is 2.46. The van der Waals surface area contributed by atoms with Crippen LogP contribution in [0.25, 0.3) is 11.1 Å². The highest BCUT2D eigenvalue weighted by Gasteiger charge is 2.16. The van der Waals surface area contributed by atoms with E-state index in [1.807, 2.05) is 30.3 Å². The van der Waals surface area contributed by atoms with E-state index in [0.717, 1.165) is 5.56 Å². The molecule has 4 heteroatoms. The van der Waals surface area contributed by atoms with Crippen LogP contribution in [-0.2, 0) is 4.74 Å². The van der Waals surface area contributed by atoms with E-state index in [2.05, 4.69) is 0 Å². The first-order chi connectivity index (χ1) is 9.13. The summed E-state index contributed by atoms with van der Waals surface area (Å²) in [7, 11) is 1.27. The molecule has 2 rings (SSSR count). The molecule has 0 radical (unpaired) electrons. The number of ether oxygens (including phenoxy) is 1. The summed E-state index contributed by atoms with van der Waals surface area (Å²) in [5, 5.41) is 8.97. The van der Waals surface area contributed by atoms with E-state index in [0.29, 0.717) is 5.56 Å². The predicted octanol–water partition coefficient (Wildman–Crippen LogP) is 2.84. The number of hydrogen-bond acceptors (Lipinski definition) is 3. The topological polar surface area (TPSA) is 63.6 Å². The smallest absolute Gasteiger partial charge is 0.338 e. The van der Waals surface area contributed by atoms with Crippen molar-refractivity contribution in [3.05, 3.63) is 59.7 Å². The zero-order valence-electron chi connectivity index (χ0n) is 10.3. The summed E-state index contributed by atoms with van der Waals surface area (Å²) in [6, 6.07) is 13.7. The van der Waals surface area contributed by atoms with Crippen LogP contribution in [0.4, 0.5) is 0 Å². The molecule has 19 heavy (non-hydrogen) atoms. The molecule has 0 amide bonds. The van der Waals surface area contributed by atoms with Gasteiger partial charge in [0.2, 0.25) is 0 Å². The maximum absolute atomic E-state index is 11.8. The molecule has 1 N–H and O–H groups in total. The van der Waals surface area contributed by atoms with Gasteiger partial charge in [0.15, 0.2) is 0 Å². The van der Waals surface area contributed by atoms with Crippen molar-refractivity contribution in [3.8, 4) is 11.1 Å². The third-order valence-electron chi connectivity index (χ3n) is 2.76. The van der Waals surface area contributed by atoms with Crippen LogP contribution < -0.4 is 0 Å². The first kappa shape index (κ1) is 12.8. The minimum absolute atomic E-state index is 0.0556. The number of aromatic carboxylic acids is 1. The SMILES string of the molecule is COC(=O)c1cc(C(=O)O)ccc1-c1ccccc1. The minimum atomic E-state index is -1.08. The van der Waals surface area contributed by atoms with E-state index < -0.39 is 11.9 Å². The second-order valence-corrected chi connectivity index (χ2v) is 3.92. The van der Waals surface area contributed by atoms with Crippen molar-refractivity contribution >= 4 is 11.9 Å². The predicted molar refractivity (Wildman–Crippen MR) is 70.2 cm³/mol. The van der Waals surface area contributed by atoms with Crippen LogP contribution in [-0.4, -0.2) is 24.2 Å². The summed E-state index contributed by atoms with van der Waals surface area (Å²) in [5.41, 5.74) is 1.78. The van der Waals surface area contributed by atoms with Gasteiger partial charge >= 0.3 is 11.9 Å². The highest BCUT2D eigenvalue weighted by molar-refractivity contribution is 6.00. The molecular formula is C15H12O4. The van der Waals surface area contributed by atoms with Gasteiger partial charge in [-0.15, -0.1) is 0 Å². The van der Waals surface area contributed by atoms with Crippen LogP contribution >= 0.6 is 0 Å². The number of methoxy groups -OCH3 is 1. The highest BCUT2D eigenvalue weighted by Crippen LogP contribution is 2.25. The average molecular weight is 256 g/mol. The van der Waals surface area contributed by atoms with E-state index in [-0.39, 0.29) is 11.1 Å². The first-order valence-electron chi connectivity index (χ1n) is 5.64. The van der Waals surface area contributed by atoms with Crippen LogP contribution in [0.5, 0.6) is 0 Å². The molecule has 0 aliphatic rings. The molecular weight excluding hydrogens is 244 g/mol. The van der Waals surface area contributed by atoms with Crippen molar-refractivity contribution in [1.29, 1.82) is 0 Å². The maximum atomic E-state index is 11.8. The van der Waals surface area contributed by atoms with E-state index in [1.165, 1.54) is 19.2 Å². The normalized spacial score (nSPS) is 9.95. The van der Waals surface area contributed by atoms with Gasteiger partial charge in [-0.3, -0.25) is 0 Å². The first-order valence-corrected chi connectivity index (χ1v) is 5.64. The van der Waals surface area contributed by atoms with Gasteiger partial charge in [-0.25, -0.2) is 9.59 Å². The maximum Gasteiger partial charge on any atom is 0.338 e. The third-order valence-corrected chi connectivity index (χ3v) is 2.76. The summed E-state index contributed by atoms with van der Waals surface area (Å²) in [4.78, 5) is 22.7. The summed E-state index contributed by atoms with van der Waals surface area (Å²) < 4.78 is 4.70. The van der Waals surface area contributed by atoms with Gasteiger partial charge in [-0.05, 0) is 23.3 Å². The second kappa shape index (κ2) is 5.35. The van der Waals surface area contributed by atoms with Crippen LogP contribution in [0, 0.1) is 0 Å². The lowest BCUT2D eigenvalue weighted by molar-refractivity contribution is 0.0601. The molecule has 0 atom stereocenters. The molecule has 0 heterocycles. The van der Waals surface area contributed by atoms with Gasteiger partial charge in [-0.2, -0.15) is 0 Å². The summed E-state index contributed by atoms with van der Waals surface area (Å²) in [6.45, 7) is 0. The molecule has 0 aromatic heterocycles. The molecule has 4 nitrogen and oxygen atoms in total. The van der Waals surface area contributed by atoms with E-state index >= 15 is 0 Å². The zero-order chi connectivity index (χ0) is 13.8. The van der Waals surface area contributed by atoms with Gasteiger partial charge < -0.3 is 9.84 Å². The molecule has 96 valence electrons. The van der Waals surface area contributed by atoms with Gasteiger partial charge in [0, 0.05) is 0 Å². The van der Waals surface area contributed by atoms with Gasteiger partial charge in [0.25, 0.3) is 0 Å². The Kier molecular flexibility index (Phi) is 3.61. The van der Waals surface area contributed by atoms with E-state index in [9.17, 15) is 9.59 Å². The van der Waals surface area contributed by atoms with Gasteiger partial charge in [0.05, 0.1) is 18.2 Å². The molecule has 0 bridgehead atoms. The Labute approximate surface area is 110 Å². The van der Waals surface area contributed by atoms with Crippen molar-refractivity contribution in [2.75, 3.05) is 7.11 Å². The van der Waals surface area contributed by atoms with Crippen LogP contribution in [0.2, 0.25) is 0 Å². The fraction of sp³-hybridized carbons (Fsp3) is 0.0667. The Morgan fingerprint density at radius 3 is 2.32 bits per heavy atom. The number of carboxylic acids is 1. The van der Waals surface area contributed by atoms with Crippen molar-refractivity contribution < 1.29 is 19.4 Å². The fourth-order valence-corrected chi connectivity index (χ4v) is 1.83. The molecule has 0 aliphatic heterocycles. The van der Waals surface area contributed by atoms with Crippen LogP contribution in [0.1, 0.15) is 20.7 Å². The summed E-state index contributed by atoms with van der Waals surface area (Å²) in [5.74, 6) is -1.63. The lowest BCUT2D eigenvalue weighted by Gasteiger charge is -2.09. The quantitative estimate of drug-likeness (QED) is 0.858. The number of hydrogen-bond donors (Lipinski definition) is 1. The molecule has 0 aliphatic carbocycles. The number of carbonyl (C=O) groups excluding carboxylic acids is 1. The lowest BCUT2D eigenvalue weighted by atomic mass is 9.97. The van der Waals surface area contributed by atoms with Gasteiger partial charge in [-0.1, -0.05) is 36.4 Å². The highest BCUT2D eigenvalue weighted by atomic mass is 16.5. The number of rotatable bonds is 3. The van der Waals surface area contributed by atoms with Crippen LogP contribution in [0.3, 0.4) is 0 Å². The Balaban J connectivity index is 2.61. The molecule has 2 aromatic carbocycles. The minimum Gasteiger partial charge on any atom is -0.478 e. The fourth-order valence-electron chi connectivity index (χ4n) is 1.83. The summed E-state index contributed by atoms with van der Waals surface area (Å²) >= 11 is 0. The Hall–Kier alpha value is -2.62. The zero-order valence-corrected chi connectivity index (χ0v) is 10.3. The number of carbonyl (C=O) groups is 2. The standard InChI is InChI=1S/C15H12O4/c1-19-15(18)13-9-11(14(16)17)7-8-12(13)10-5-3-2-4-6-10/h2-9H,1H3,(H,16,17). The second-order valence-electron chi connectivity index (χ2n) is 3.92. The third kappa shape index (κ3) is 2.63. The van der Waals surface area contributed by atoms with Gasteiger partial charge in [0.1, 0.15) is 0 Å². The number of carboxylic acid groups (broad SMARTS) is 1. The molecule has 0 unspecified atom stereocenters. The number of benzene rings is 2. The largest absolute Gasteiger partial charge is 0.478 e. The lowest BCUT2D eigenvalue weighted by Crippen LogP contribution is -2.06. The molecule has 2 aromatic rings. The van der Waals surface area contributed by atoms with Crippen molar-refractivity contribution in [2.24, 2.45) is 0 Å². The Bertz CT molecular complexity index is 617. The Morgan fingerprint density at radius 1 is 1.05 bits per heavy atom. The van der Waals surface area contributed by atoms with Crippen LogP contribution in [0.15, 0.2) is 48.5 Å². The van der Waals surface area contributed by atoms with E-state index in [4.69, 9.17) is 9.84 Å². The summed E-state index contributed by atoms with van der Waals surface area (Å²) in [6.07, 6.45) is 0. The molecule has 0 spiro atoms.